The number of rotatable bonds is 5. The van der Waals surface area contributed by atoms with E-state index in [1.165, 1.54) is 19.4 Å². The fourth-order valence-corrected chi connectivity index (χ4v) is 3.61. The number of esters is 1. The second-order valence-electron chi connectivity index (χ2n) is 6.58. The van der Waals surface area contributed by atoms with Crippen molar-refractivity contribution in [2.45, 2.75) is 0 Å². The largest absolute Gasteiger partial charge is 0.493 e. The Labute approximate surface area is 186 Å². The molecule has 0 N–H and O–H groups in total. The number of carbonyl (C=O) groups excluding carboxylic acids is 1. The number of hydrogen-bond donors (Lipinski definition) is 0. The molecule has 0 bridgehead atoms. The van der Waals surface area contributed by atoms with E-state index >= 15 is 0 Å². The van der Waals surface area contributed by atoms with Crippen molar-refractivity contribution in [2.24, 2.45) is 0 Å². The zero-order valence-corrected chi connectivity index (χ0v) is 18.3. The molecule has 0 spiro atoms. The van der Waals surface area contributed by atoms with Crippen LogP contribution in [0.5, 0.6) is 17.2 Å². The summed E-state index contributed by atoms with van der Waals surface area (Å²) < 4.78 is 22.3. The summed E-state index contributed by atoms with van der Waals surface area (Å²) in [5, 5.41) is 0.368. The maximum Gasteiger partial charge on any atom is 0.344 e. The molecule has 0 amide bonds. The molecule has 0 aliphatic rings. The van der Waals surface area contributed by atoms with Gasteiger partial charge in [-0.2, -0.15) is 0 Å². The maximum atomic E-state index is 13.0. The standard InChI is InChI=1S/C24H17BrO6/c1-28-20-10-7-14(11-22(20)29-2)18-13-30-21-12-15(8-9-17(21)23(18)26)31-24(27)16-5-3-4-6-19(16)25/h3-13H,1-2H3. The predicted octanol–water partition coefficient (Wildman–Crippen LogP) is 5.46. The molecular weight excluding hydrogens is 464 g/mol. The second kappa shape index (κ2) is 8.65. The molecule has 0 fully saturated rings. The van der Waals surface area contributed by atoms with Crippen molar-refractivity contribution < 1.29 is 23.4 Å². The van der Waals surface area contributed by atoms with Crippen LogP contribution in [0.2, 0.25) is 0 Å². The molecule has 156 valence electrons. The van der Waals surface area contributed by atoms with Crippen LogP contribution in [0.15, 0.2) is 80.6 Å². The minimum absolute atomic E-state index is 0.211. The van der Waals surface area contributed by atoms with Crippen LogP contribution < -0.4 is 19.6 Å². The molecule has 6 nitrogen and oxygen atoms in total. The predicted molar refractivity (Wildman–Crippen MR) is 120 cm³/mol. The first-order chi connectivity index (χ1) is 15.0. The molecule has 7 heteroatoms. The lowest BCUT2D eigenvalue weighted by molar-refractivity contribution is 0.0734. The molecule has 1 aromatic heterocycles. The van der Waals surface area contributed by atoms with Crippen LogP contribution in [0.25, 0.3) is 22.1 Å². The van der Waals surface area contributed by atoms with E-state index in [1.54, 1.807) is 55.6 Å². The third kappa shape index (κ3) is 4.04. The molecule has 0 atom stereocenters. The van der Waals surface area contributed by atoms with Gasteiger partial charge in [0.15, 0.2) is 16.9 Å². The average Bonchev–Trinajstić information content (AvgIpc) is 2.79. The Morgan fingerprint density at radius 3 is 2.45 bits per heavy atom. The van der Waals surface area contributed by atoms with Crippen molar-refractivity contribution in [3.05, 3.63) is 87.2 Å². The number of methoxy groups -OCH3 is 2. The summed E-state index contributed by atoms with van der Waals surface area (Å²) >= 11 is 3.33. The Hall–Kier alpha value is -3.58. The van der Waals surface area contributed by atoms with E-state index in [9.17, 15) is 9.59 Å². The number of benzene rings is 3. The van der Waals surface area contributed by atoms with Crippen LogP contribution in [0, 0.1) is 0 Å². The monoisotopic (exact) mass is 480 g/mol. The minimum atomic E-state index is -0.517. The van der Waals surface area contributed by atoms with E-state index in [4.69, 9.17) is 18.6 Å². The first-order valence-electron chi connectivity index (χ1n) is 9.26. The smallest absolute Gasteiger partial charge is 0.344 e. The minimum Gasteiger partial charge on any atom is -0.493 e. The number of ether oxygens (including phenoxy) is 3. The fraction of sp³-hybridized carbons (Fsp3) is 0.0833. The number of fused-ring (bicyclic) bond motifs is 1. The van der Waals surface area contributed by atoms with Crippen LogP contribution in [-0.2, 0) is 0 Å². The Balaban J connectivity index is 1.68. The van der Waals surface area contributed by atoms with Crippen LogP contribution in [0.1, 0.15) is 10.4 Å². The Morgan fingerprint density at radius 1 is 0.935 bits per heavy atom. The normalized spacial score (nSPS) is 10.7. The lowest BCUT2D eigenvalue weighted by Crippen LogP contribution is -2.10. The van der Waals surface area contributed by atoms with Gasteiger partial charge in [-0.25, -0.2) is 4.79 Å². The highest BCUT2D eigenvalue weighted by molar-refractivity contribution is 9.10. The maximum absolute atomic E-state index is 13.0. The number of carbonyl (C=O) groups is 1. The van der Waals surface area contributed by atoms with Crippen molar-refractivity contribution in [3.63, 3.8) is 0 Å². The van der Waals surface area contributed by atoms with Gasteiger partial charge >= 0.3 is 5.97 Å². The molecule has 4 aromatic rings. The van der Waals surface area contributed by atoms with Crippen molar-refractivity contribution in [1.82, 2.24) is 0 Å². The molecule has 4 rings (SSSR count). The van der Waals surface area contributed by atoms with E-state index in [0.29, 0.717) is 43.6 Å². The summed E-state index contributed by atoms with van der Waals surface area (Å²) in [5.41, 5.74) is 1.51. The zero-order valence-electron chi connectivity index (χ0n) is 16.7. The van der Waals surface area contributed by atoms with E-state index in [1.807, 2.05) is 6.07 Å². The van der Waals surface area contributed by atoms with E-state index in [-0.39, 0.29) is 11.2 Å². The first kappa shape index (κ1) is 20.7. The van der Waals surface area contributed by atoms with Crippen LogP contribution in [0.3, 0.4) is 0 Å². The second-order valence-corrected chi connectivity index (χ2v) is 7.43. The summed E-state index contributed by atoms with van der Waals surface area (Å²) in [6.45, 7) is 0. The SMILES string of the molecule is COc1ccc(-c2coc3cc(OC(=O)c4ccccc4Br)ccc3c2=O)cc1OC. The van der Waals surface area contributed by atoms with E-state index in [2.05, 4.69) is 15.9 Å². The first-order valence-corrected chi connectivity index (χ1v) is 10.1. The van der Waals surface area contributed by atoms with Gasteiger partial charge in [-0.1, -0.05) is 18.2 Å². The highest BCUT2D eigenvalue weighted by atomic mass is 79.9. The third-order valence-electron chi connectivity index (χ3n) is 4.74. The average molecular weight is 481 g/mol. The molecule has 0 unspecified atom stereocenters. The van der Waals surface area contributed by atoms with Crippen molar-refractivity contribution in [2.75, 3.05) is 14.2 Å². The highest BCUT2D eigenvalue weighted by Gasteiger charge is 2.15. The van der Waals surface area contributed by atoms with Crippen molar-refractivity contribution in [1.29, 1.82) is 0 Å². The molecule has 0 aliphatic heterocycles. The molecule has 0 radical (unpaired) electrons. The van der Waals surface area contributed by atoms with Gasteiger partial charge in [-0.05, 0) is 57.9 Å². The summed E-state index contributed by atoms with van der Waals surface area (Å²) in [5.74, 6) is 0.827. The number of halogens is 1. The Kier molecular flexibility index (Phi) is 5.77. The lowest BCUT2D eigenvalue weighted by atomic mass is 10.0. The highest BCUT2D eigenvalue weighted by Crippen LogP contribution is 2.32. The van der Waals surface area contributed by atoms with E-state index < -0.39 is 5.97 Å². The third-order valence-corrected chi connectivity index (χ3v) is 5.44. The molecule has 0 saturated heterocycles. The van der Waals surface area contributed by atoms with Crippen molar-refractivity contribution in [3.8, 4) is 28.4 Å². The quantitative estimate of drug-likeness (QED) is 0.279. The van der Waals surface area contributed by atoms with E-state index in [0.717, 1.165) is 0 Å². The summed E-state index contributed by atoms with van der Waals surface area (Å²) in [6.07, 6.45) is 1.38. The van der Waals surface area contributed by atoms with Gasteiger partial charge in [-0.3, -0.25) is 4.79 Å². The molecule has 3 aromatic carbocycles. The molecule has 1 heterocycles. The summed E-state index contributed by atoms with van der Waals surface area (Å²) in [6, 6.07) is 16.8. The molecular formula is C24H17BrO6. The fourth-order valence-electron chi connectivity index (χ4n) is 3.16. The molecule has 0 aliphatic carbocycles. The zero-order chi connectivity index (χ0) is 22.0. The Morgan fingerprint density at radius 2 is 1.71 bits per heavy atom. The molecule has 31 heavy (non-hydrogen) atoms. The van der Waals surface area contributed by atoms with Gasteiger partial charge in [0.2, 0.25) is 0 Å². The van der Waals surface area contributed by atoms with Crippen LogP contribution in [0.4, 0.5) is 0 Å². The van der Waals surface area contributed by atoms with Crippen LogP contribution >= 0.6 is 15.9 Å². The van der Waals surface area contributed by atoms with Gasteiger partial charge in [0.05, 0.1) is 30.7 Å². The lowest BCUT2D eigenvalue weighted by Gasteiger charge is -2.10. The van der Waals surface area contributed by atoms with Gasteiger partial charge in [0.1, 0.15) is 17.6 Å². The summed E-state index contributed by atoms with van der Waals surface area (Å²) in [7, 11) is 3.07. The van der Waals surface area contributed by atoms with Gasteiger partial charge in [-0.15, -0.1) is 0 Å². The van der Waals surface area contributed by atoms with Crippen molar-refractivity contribution >= 4 is 32.9 Å². The van der Waals surface area contributed by atoms with Crippen LogP contribution in [-0.4, -0.2) is 20.2 Å². The van der Waals surface area contributed by atoms with Gasteiger partial charge in [0, 0.05) is 10.5 Å². The van der Waals surface area contributed by atoms with Gasteiger partial charge in [0.25, 0.3) is 0 Å². The molecule has 0 saturated carbocycles. The Bertz CT molecular complexity index is 1340. The summed E-state index contributed by atoms with van der Waals surface area (Å²) in [4.78, 5) is 25.5. The number of hydrogen-bond acceptors (Lipinski definition) is 6. The topological polar surface area (TPSA) is 75.0 Å². The van der Waals surface area contributed by atoms with Gasteiger partial charge < -0.3 is 18.6 Å².